The number of amides is 2. The van der Waals surface area contributed by atoms with Gasteiger partial charge in [0.2, 0.25) is 0 Å². The van der Waals surface area contributed by atoms with Crippen molar-refractivity contribution < 1.29 is 19.1 Å². The number of para-hydroxylation sites is 1. The molecule has 0 spiro atoms. The van der Waals surface area contributed by atoms with Crippen LogP contribution in [-0.4, -0.2) is 39.7 Å². The van der Waals surface area contributed by atoms with Gasteiger partial charge in [0, 0.05) is 34.2 Å². The van der Waals surface area contributed by atoms with Crippen LogP contribution in [0.4, 0.5) is 4.79 Å². The van der Waals surface area contributed by atoms with Crippen LogP contribution in [0.3, 0.4) is 0 Å². The number of carbonyl (C=O) groups excluding carboxylic acids is 3. The largest absolute Gasteiger partial charge is 0.465 e. The molecule has 2 amide bonds. The van der Waals surface area contributed by atoms with Crippen molar-refractivity contribution in [2.75, 3.05) is 13.2 Å². The maximum absolute atomic E-state index is 12.7. The Hall–Kier alpha value is -3.03. The molecule has 1 aliphatic rings. The summed E-state index contributed by atoms with van der Waals surface area (Å²) in [4.78, 5) is 37.9. The van der Waals surface area contributed by atoms with Gasteiger partial charge >= 0.3 is 5.97 Å². The van der Waals surface area contributed by atoms with Gasteiger partial charge in [0.15, 0.2) is 0 Å². The molecule has 1 saturated heterocycles. The van der Waals surface area contributed by atoms with Crippen molar-refractivity contribution in [2.45, 2.75) is 13.5 Å². The summed E-state index contributed by atoms with van der Waals surface area (Å²) in [6.07, 6.45) is 3.63. The Morgan fingerprint density at radius 1 is 1.13 bits per heavy atom. The highest BCUT2D eigenvalue weighted by atomic mass is 35.5. The van der Waals surface area contributed by atoms with E-state index in [0.717, 1.165) is 38.7 Å². The zero-order valence-corrected chi connectivity index (χ0v) is 18.3. The van der Waals surface area contributed by atoms with E-state index in [4.69, 9.17) is 16.3 Å². The third-order valence-electron chi connectivity index (χ3n) is 4.87. The van der Waals surface area contributed by atoms with Crippen LogP contribution < -0.4 is 0 Å². The number of hydrogen-bond donors (Lipinski definition) is 0. The maximum Gasteiger partial charge on any atom is 0.326 e. The average molecular weight is 455 g/mol. The number of halogens is 1. The van der Waals surface area contributed by atoms with Gasteiger partial charge in [0.05, 0.1) is 11.5 Å². The van der Waals surface area contributed by atoms with Gasteiger partial charge in [-0.1, -0.05) is 48.0 Å². The van der Waals surface area contributed by atoms with Crippen molar-refractivity contribution in [3.63, 3.8) is 0 Å². The molecule has 4 rings (SSSR count). The zero-order chi connectivity index (χ0) is 22.0. The van der Waals surface area contributed by atoms with Gasteiger partial charge in [0.1, 0.15) is 6.54 Å². The SMILES string of the molecule is CCOC(=O)CN1C(=O)S/C(=C/c2cn(Cc3ccccc3Cl)c3ccccc23)C1=O. The molecule has 0 saturated carbocycles. The molecule has 0 atom stereocenters. The standard InChI is InChI=1S/C23H19ClN2O4S/c1-2-30-21(27)14-26-22(28)20(31-23(26)29)11-16-13-25(19-10-6-4-8-17(16)19)12-15-7-3-5-9-18(15)24/h3-11,13H,2,12,14H2,1H3/b20-11+. The van der Waals surface area contributed by atoms with Gasteiger partial charge in [-0.15, -0.1) is 0 Å². The Balaban J connectivity index is 1.67. The molecule has 3 aromatic rings. The van der Waals surface area contributed by atoms with Crippen molar-refractivity contribution >= 4 is 57.5 Å². The molecule has 0 radical (unpaired) electrons. The highest BCUT2D eigenvalue weighted by molar-refractivity contribution is 8.18. The van der Waals surface area contributed by atoms with Gasteiger partial charge in [-0.05, 0) is 42.5 Å². The fourth-order valence-corrected chi connectivity index (χ4v) is 4.47. The minimum atomic E-state index is -0.609. The molecule has 1 aliphatic heterocycles. The lowest BCUT2D eigenvalue weighted by atomic mass is 10.1. The molecule has 1 aromatic heterocycles. The molecule has 2 heterocycles. The number of imide groups is 1. The molecule has 0 unspecified atom stereocenters. The van der Waals surface area contributed by atoms with Gasteiger partial charge in [-0.2, -0.15) is 0 Å². The highest BCUT2D eigenvalue weighted by Crippen LogP contribution is 2.34. The van der Waals surface area contributed by atoms with Crippen LogP contribution >= 0.6 is 23.4 Å². The van der Waals surface area contributed by atoms with Crippen molar-refractivity contribution in [1.29, 1.82) is 0 Å². The summed E-state index contributed by atoms with van der Waals surface area (Å²) in [5, 5.41) is 1.15. The van der Waals surface area contributed by atoms with Gasteiger partial charge < -0.3 is 9.30 Å². The lowest BCUT2D eigenvalue weighted by Crippen LogP contribution is -2.34. The number of nitrogens with zero attached hydrogens (tertiary/aromatic N) is 2. The highest BCUT2D eigenvalue weighted by Gasteiger charge is 2.36. The number of fused-ring (bicyclic) bond motifs is 1. The normalized spacial score (nSPS) is 15.3. The Bertz CT molecular complexity index is 1220. The van der Waals surface area contributed by atoms with Crippen LogP contribution in [0.2, 0.25) is 5.02 Å². The zero-order valence-electron chi connectivity index (χ0n) is 16.7. The number of ether oxygens (including phenoxy) is 1. The topological polar surface area (TPSA) is 68.6 Å². The second kappa shape index (κ2) is 8.99. The molecule has 8 heteroatoms. The predicted molar refractivity (Wildman–Crippen MR) is 122 cm³/mol. The Morgan fingerprint density at radius 2 is 1.87 bits per heavy atom. The molecule has 0 aliphatic carbocycles. The quantitative estimate of drug-likeness (QED) is 0.389. The molecule has 31 heavy (non-hydrogen) atoms. The summed E-state index contributed by atoms with van der Waals surface area (Å²) >= 11 is 7.15. The molecule has 1 fully saturated rings. The van der Waals surface area contributed by atoms with Crippen LogP contribution in [0, 0.1) is 0 Å². The van der Waals surface area contributed by atoms with Gasteiger partial charge in [0.25, 0.3) is 11.1 Å². The number of aromatic nitrogens is 1. The van der Waals surface area contributed by atoms with E-state index >= 15 is 0 Å². The molecule has 158 valence electrons. The average Bonchev–Trinajstić information content (AvgIpc) is 3.22. The second-order valence-corrected chi connectivity index (χ2v) is 8.29. The summed E-state index contributed by atoms with van der Waals surface area (Å²) in [7, 11) is 0. The van der Waals surface area contributed by atoms with E-state index in [1.165, 1.54) is 0 Å². The lowest BCUT2D eigenvalue weighted by Gasteiger charge is -2.10. The van der Waals surface area contributed by atoms with E-state index in [0.29, 0.717) is 11.6 Å². The van der Waals surface area contributed by atoms with Crippen molar-refractivity contribution in [2.24, 2.45) is 0 Å². The monoisotopic (exact) mass is 454 g/mol. The fraction of sp³-hybridized carbons (Fsp3) is 0.174. The number of rotatable bonds is 6. The number of esters is 1. The summed E-state index contributed by atoms with van der Waals surface area (Å²) in [5.41, 5.74) is 2.77. The van der Waals surface area contributed by atoms with Gasteiger partial charge in [-0.3, -0.25) is 19.3 Å². The van der Waals surface area contributed by atoms with Gasteiger partial charge in [-0.25, -0.2) is 0 Å². The minimum absolute atomic E-state index is 0.190. The summed E-state index contributed by atoms with van der Waals surface area (Å²) < 4.78 is 6.91. The van der Waals surface area contributed by atoms with E-state index in [9.17, 15) is 14.4 Å². The molecule has 0 bridgehead atoms. The van der Waals surface area contributed by atoms with Crippen LogP contribution in [-0.2, 0) is 20.9 Å². The Kier molecular flexibility index (Phi) is 6.15. The summed E-state index contributed by atoms with van der Waals surface area (Å²) in [6.45, 7) is 2.04. The first kappa shape index (κ1) is 21.2. The summed E-state index contributed by atoms with van der Waals surface area (Å²) in [6, 6.07) is 15.5. The third-order valence-corrected chi connectivity index (χ3v) is 6.15. The van der Waals surface area contributed by atoms with E-state index in [-0.39, 0.29) is 18.1 Å². The van der Waals surface area contributed by atoms with E-state index < -0.39 is 17.1 Å². The number of carbonyl (C=O) groups is 3. The predicted octanol–water partition coefficient (Wildman–Crippen LogP) is 4.94. The van der Waals surface area contributed by atoms with Crippen molar-refractivity contribution in [3.05, 3.63) is 75.8 Å². The number of hydrogen-bond acceptors (Lipinski definition) is 5. The second-order valence-electron chi connectivity index (χ2n) is 6.89. The van der Waals surface area contributed by atoms with E-state index in [2.05, 4.69) is 4.57 Å². The number of thioether (sulfide) groups is 1. The maximum atomic E-state index is 12.7. The first-order valence-electron chi connectivity index (χ1n) is 9.70. The number of benzene rings is 2. The molecule has 2 aromatic carbocycles. The lowest BCUT2D eigenvalue weighted by molar-refractivity contribution is -0.145. The Morgan fingerprint density at radius 3 is 2.65 bits per heavy atom. The van der Waals surface area contributed by atoms with Crippen LogP contribution in [0.15, 0.2) is 59.6 Å². The Labute approximate surface area is 188 Å². The first-order valence-corrected chi connectivity index (χ1v) is 10.9. The smallest absolute Gasteiger partial charge is 0.326 e. The fourth-order valence-electron chi connectivity index (χ4n) is 3.44. The molecular weight excluding hydrogens is 436 g/mol. The first-order chi connectivity index (χ1) is 15.0. The minimum Gasteiger partial charge on any atom is -0.465 e. The van der Waals surface area contributed by atoms with E-state index in [1.807, 2.05) is 54.7 Å². The molecular formula is C23H19ClN2O4S. The van der Waals surface area contributed by atoms with Crippen molar-refractivity contribution in [3.8, 4) is 0 Å². The molecule has 6 nitrogen and oxygen atoms in total. The third kappa shape index (κ3) is 4.38. The van der Waals surface area contributed by atoms with Crippen LogP contribution in [0.5, 0.6) is 0 Å². The van der Waals surface area contributed by atoms with Crippen LogP contribution in [0.25, 0.3) is 17.0 Å². The summed E-state index contributed by atoms with van der Waals surface area (Å²) in [5.74, 6) is -1.10. The van der Waals surface area contributed by atoms with Crippen LogP contribution in [0.1, 0.15) is 18.1 Å². The molecule has 0 N–H and O–H groups in total. The van der Waals surface area contributed by atoms with Crippen molar-refractivity contribution in [1.82, 2.24) is 9.47 Å². The van der Waals surface area contributed by atoms with E-state index in [1.54, 1.807) is 13.0 Å².